The Hall–Kier alpha value is -0.710. The average molecular weight is 285 g/mol. The van der Waals surface area contributed by atoms with Crippen molar-refractivity contribution in [2.24, 2.45) is 0 Å². The maximum atomic E-state index is 11.8. The van der Waals surface area contributed by atoms with E-state index in [0.717, 1.165) is 17.5 Å². The molecule has 2 rings (SSSR count). The zero-order valence-electron chi connectivity index (χ0n) is 8.82. The number of ether oxygens (including phenoxy) is 2. The van der Waals surface area contributed by atoms with E-state index < -0.39 is 0 Å². The Morgan fingerprint density at radius 2 is 2.31 bits per heavy atom. The monoisotopic (exact) mass is 284 g/mol. The number of halogens is 1. The Morgan fingerprint density at radius 3 is 3.00 bits per heavy atom. The number of hydrogen-bond donors (Lipinski definition) is 0. The van der Waals surface area contributed by atoms with Crippen LogP contribution in [0.25, 0.3) is 0 Å². The van der Waals surface area contributed by atoms with E-state index >= 15 is 0 Å². The summed E-state index contributed by atoms with van der Waals surface area (Å²) in [7, 11) is 0. The van der Waals surface area contributed by atoms with Crippen LogP contribution in [0.1, 0.15) is 16.8 Å². The van der Waals surface area contributed by atoms with Crippen LogP contribution < -0.4 is 0 Å². The van der Waals surface area contributed by atoms with Crippen molar-refractivity contribution < 1.29 is 14.3 Å². The van der Waals surface area contributed by atoms with Crippen LogP contribution in [-0.4, -0.2) is 31.7 Å². The summed E-state index contributed by atoms with van der Waals surface area (Å²) in [5.74, 6) is -0.000579. The fourth-order valence-corrected chi connectivity index (χ4v) is 2.11. The van der Waals surface area contributed by atoms with Gasteiger partial charge in [-0.1, -0.05) is 34.1 Å². The van der Waals surface area contributed by atoms with Crippen molar-refractivity contribution in [2.75, 3.05) is 19.8 Å². The van der Waals surface area contributed by atoms with Gasteiger partial charge in [0.1, 0.15) is 6.61 Å². The molecule has 1 atom stereocenters. The van der Waals surface area contributed by atoms with Gasteiger partial charge in [0, 0.05) is 16.6 Å². The second-order valence-corrected chi connectivity index (χ2v) is 4.55. The van der Waals surface area contributed by atoms with E-state index in [1.807, 2.05) is 18.2 Å². The zero-order chi connectivity index (χ0) is 11.4. The quantitative estimate of drug-likeness (QED) is 0.797. The molecular formula is C12H13BrO3. The highest BCUT2D eigenvalue weighted by Gasteiger charge is 2.18. The molecule has 3 nitrogen and oxygen atoms in total. The molecule has 0 N–H and O–H groups in total. The van der Waals surface area contributed by atoms with Crippen molar-refractivity contribution in [3.05, 3.63) is 34.3 Å². The lowest BCUT2D eigenvalue weighted by Crippen LogP contribution is -2.18. The summed E-state index contributed by atoms with van der Waals surface area (Å²) in [6, 6.07) is 7.37. The van der Waals surface area contributed by atoms with Gasteiger partial charge in [0.05, 0.1) is 12.7 Å². The molecule has 0 spiro atoms. The van der Waals surface area contributed by atoms with Crippen molar-refractivity contribution in [1.29, 1.82) is 0 Å². The van der Waals surface area contributed by atoms with Crippen molar-refractivity contribution in [2.45, 2.75) is 12.5 Å². The summed E-state index contributed by atoms with van der Waals surface area (Å²) < 4.78 is 11.5. The van der Waals surface area contributed by atoms with E-state index in [1.165, 1.54) is 0 Å². The van der Waals surface area contributed by atoms with Gasteiger partial charge in [0.25, 0.3) is 0 Å². The highest BCUT2D eigenvalue weighted by molar-refractivity contribution is 9.10. The van der Waals surface area contributed by atoms with Gasteiger partial charge in [-0.3, -0.25) is 4.79 Å². The number of ketones is 1. The third kappa shape index (κ3) is 2.90. The highest BCUT2D eigenvalue weighted by Crippen LogP contribution is 2.17. The molecule has 16 heavy (non-hydrogen) atoms. The predicted octanol–water partition coefficient (Wildman–Crippen LogP) is 2.44. The third-order valence-electron chi connectivity index (χ3n) is 2.51. The van der Waals surface area contributed by atoms with Gasteiger partial charge in [0.2, 0.25) is 0 Å². The van der Waals surface area contributed by atoms with Crippen LogP contribution in [0.2, 0.25) is 0 Å². The van der Waals surface area contributed by atoms with Gasteiger partial charge in [-0.05, 0) is 12.5 Å². The first-order valence-corrected chi connectivity index (χ1v) is 6.04. The predicted molar refractivity (Wildman–Crippen MR) is 63.6 cm³/mol. The Bertz CT molecular complexity index is 372. The first-order valence-electron chi connectivity index (χ1n) is 5.24. The van der Waals surface area contributed by atoms with Gasteiger partial charge in [-0.15, -0.1) is 0 Å². The summed E-state index contributed by atoms with van der Waals surface area (Å²) in [6.45, 7) is 1.45. The molecule has 1 heterocycles. The molecule has 1 aliphatic heterocycles. The van der Waals surface area contributed by atoms with Gasteiger partial charge in [0.15, 0.2) is 5.78 Å². The Balaban J connectivity index is 1.90. The van der Waals surface area contributed by atoms with Crippen LogP contribution in [0.4, 0.5) is 0 Å². The number of rotatable bonds is 4. The SMILES string of the molecule is O=C(COC1CCOC1)c1ccccc1Br. The molecule has 1 aromatic carbocycles. The van der Waals surface area contributed by atoms with E-state index in [-0.39, 0.29) is 18.5 Å². The summed E-state index contributed by atoms with van der Waals surface area (Å²) in [5, 5.41) is 0. The summed E-state index contributed by atoms with van der Waals surface area (Å²) in [6.07, 6.45) is 0.954. The van der Waals surface area contributed by atoms with Crippen LogP contribution in [-0.2, 0) is 9.47 Å². The minimum atomic E-state index is -0.000579. The second-order valence-electron chi connectivity index (χ2n) is 3.70. The molecular weight excluding hydrogens is 272 g/mol. The second kappa shape index (κ2) is 5.57. The zero-order valence-corrected chi connectivity index (χ0v) is 10.4. The van der Waals surface area contributed by atoms with E-state index in [0.29, 0.717) is 12.2 Å². The normalized spacial score (nSPS) is 19.9. The van der Waals surface area contributed by atoms with Gasteiger partial charge >= 0.3 is 0 Å². The van der Waals surface area contributed by atoms with E-state index in [9.17, 15) is 4.79 Å². The standard InChI is InChI=1S/C12H13BrO3/c13-11-4-2-1-3-10(11)12(14)8-16-9-5-6-15-7-9/h1-4,9H,5-8H2. The van der Waals surface area contributed by atoms with Crippen LogP contribution in [0.3, 0.4) is 0 Å². The molecule has 1 aliphatic rings. The smallest absolute Gasteiger partial charge is 0.189 e. The highest BCUT2D eigenvalue weighted by atomic mass is 79.9. The lowest BCUT2D eigenvalue weighted by Gasteiger charge is -2.09. The first kappa shape index (κ1) is 11.8. The Labute approximate surface area is 103 Å². The average Bonchev–Trinajstić information content (AvgIpc) is 2.79. The molecule has 1 fully saturated rings. The van der Waals surface area contributed by atoms with E-state index in [2.05, 4.69) is 15.9 Å². The molecule has 1 saturated heterocycles. The fraction of sp³-hybridized carbons (Fsp3) is 0.417. The van der Waals surface area contributed by atoms with Crippen LogP contribution in [0.5, 0.6) is 0 Å². The Kier molecular flexibility index (Phi) is 4.09. The minimum absolute atomic E-state index is 0.000579. The number of carbonyl (C=O) groups excluding carboxylic acids is 1. The summed E-state index contributed by atoms with van der Waals surface area (Å²) in [5.41, 5.74) is 0.668. The van der Waals surface area contributed by atoms with Crippen LogP contribution in [0, 0.1) is 0 Å². The van der Waals surface area contributed by atoms with Crippen molar-refractivity contribution in [3.8, 4) is 0 Å². The fourth-order valence-electron chi connectivity index (χ4n) is 1.60. The van der Waals surface area contributed by atoms with Gasteiger partial charge in [-0.2, -0.15) is 0 Å². The summed E-state index contributed by atoms with van der Waals surface area (Å²) in [4.78, 5) is 11.8. The third-order valence-corrected chi connectivity index (χ3v) is 3.20. The maximum Gasteiger partial charge on any atom is 0.189 e. The number of benzene rings is 1. The molecule has 0 aliphatic carbocycles. The van der Waals surface area contributed by atoms with Crippen molar-refractivity contribution >= 4 is 21.7 Å². The molecule has 0 radical (unpaired) electrons. The van der Waals surface area contributed by atoms with Gasteiger partial charge in [-0.25, -0.2) is 0 Å². The molecule has 1 unspecified atom stereocenters. The first-order chi connectivity index (χ1) is 7.77. The van der Waals surface area contributed by atoms with Crippen molar-refractivity contribution in [3.63, 3.8) is 0 Å². The summed E-state index contributed by atoms with van der Waals surface area (Å²) >= 11 is 3.35. The van der Waals surface area contributed by atoms with Crippen molar-refractivity contribution in [1.82, 2.24) is 0 Å². The lowest BCUT2D eigenvalue weighted by molar-refractivity contribution is 0.0390. The molecule has 0 bridgehead atoms. The molecule has 4 heteroatoms. The largest absolute Gasteiger partial charge is 0.379 e. The number of Topliss-reactive ketones (excluding diaryl/α,β-unsaturated/α-hetero) is 1. The maximum absolute atomic E-state index is 11.8. The lowest BCUT2D eigenvalue weighted by atomic mass is 10.1. The minimum Gasteiger partial charge on any atom is -0.379 e. The number of hydrogen-bond acceptors (Lipinski definition) is 3. The van der Waals surface area contributed by atoms with E-state index in [1.54, 1.807) is 6.07 Å². The van der Waals surface area contributed by atoms with Crippen LogP contribution in [0.15, 0.2) is 28.7 Å². The molecule has 0 aromatic heterocycles. The number of carbonyl (C=O) groups is 1. The molecule has 0 amide bonds. The topological polar surface area (TPSA) is 35.5 Å². The van der Waals surface area contributed by atoms with Gasteiger partial charge < -0.3 is 9.47 Å². The molecule has 1 aromatic rings. The molecule has 0 saturated carbocycles. The molecule has 86 valence electrons. The van der Waals surface area contributed by atoms with E-state index in [4.69, 9.17) is 9.47 Å². The Morgan fingerprint density at radius 1 is 1.50 bits per heavy atom. The van der Waals surface area contributed by atoms with Crippen LogP contribution >= 0.6 is 15.9 Å².